The summed E-state index contributed by atoms with van der Waals surface area (Å²) in [7, 11) is 0. The van der Waals surface area contributed by atoms with Gasteiger partial charge in [-0.1, -0.05) is 49.6 Å². The van der Waals surface area contributed by atoms with Crippen molar-refractivity contribution in [2.24, 2.45) is 0 Å². The molecule has 0 radical (unpaired) electrons. The lowest BCUT2D eigenvalue weighted by Gasteiger charge is -2.34. The summed E-state index contributed by atoms with van der Waals surface area (Å²) in [5, 5.41) is 5.85. The molecule has 2 fully saturated rings. The Kier molecular flexibility index (Phi) is 7.51. The number of amides is 3. The lowest BCUT2D eigenvalue weighted by Crippen LogP contribution is -2.49. The molecule has 3 rings (SSSR count). The van der Waals surface area contributed by atoms with Crippen LogP contribution in [0.4, 0.5) is 4.79 Å². The molecule has 148 valence electrons. The third-order valence-corrected chi connectivity index (χ3v) is 5.54. The van der Waals surface area contributed by atoms with Gasteiger partial charge in [0.15, 0.2) is 0 Å². The van der Waals surface area contributed by atoms with E-state index in [1.165, 1.54) is 24.8 Å². The first-order valence-corrected chi connectivity index (χ1v) is 10.3. The normalized spacial score (nSPS) is 18.9. The molecule has 6 nitrogen and oxygen atoms in total. The SMILES string of the molecule is O=C(NCCC(=O)N1CCN(Cc2ccccc2)CC1)NC1CCCCC1. The summed E-state index contributed by atoms with van der Waals surface area (Å²) in [6.07, 6.45) is 6.17. The predicted octanol–water partition coefficient (Wildman–Crippen LogP) is 2.35. The van der Waals surface area contributed by atoms with Crippen molar-refractivity contribution in [1.29, 1.82) is 0 Å². The Hall–Kier alpha value is -2.08. The van der Waals surface area contributed by atoms with Crippen molar-refractivity contribution in [2.45, 2.75) is 51.1 Å². The largest absolute Gasteiger partial charge is 0.340 e. The average molecular weight is 373 g/mol. The maximum atomic E-state index is 12.4. The third-order valence-electron chi connectivity index (χ3n) is 5.54. The average Bonchev–Trinajstić information content (AvgIpc) is 2.70. The van der Waals surface area contributed by atoms with E-state index in [-0.39, 0.29) is 11.9 Å². The highest BCUT2D eigenvalue weighted by Crippen LogP contribution is 2.17. The fraction of sp³-hybridized carbons (Fsp3) is 0.619. The number of nitrogens with one attached hydrogen (secondary N) is 2. The van der Waals surface area contributed by atoms with Gasteiger partial charge in [0.25, 0.3) is 0 Å². The molecular formula is C21H32N4O2. The van der Waals surface area contributed by atoms with Crippen molar-refractivity contribution in [2.75, 3.05) is 32.7 Å². The second-order valence-electron chi connectivity index (χ2n) is 7.63. The van der Waals surface area contributed by atoms with Gasteiger partial charge in [-0.2, -0.15) is 0 Å². The van der Waals surface area contributed by atoms with Gasteiger partial charge in [0.1, 0.15) is 0 Å². The van der Waals surface area contributed by atoms with Crippen LogP contribution in [-0.2, 0) is 11.3 Å². The van der Waals surface area contributed by atoms with E-state index >= 15 is 0 Å². The van der Waals surface area contributed by atoms with Crippen LogP contribution in [0.3, 0.4) is 0 Å². The fourth-order valence-electron chi connectivity index (χ4n) is 3.92. The van der Waals surface area contributed by atoms with Crippen LogP contribution >= 0.6 is 0 Å². The summed E-state index contributed by atoms with van der Waals surface area (Å²) >= 11 is 0. The van der Waals surface area contributed by atoms with Crippen molar-refractivity contribution in [3.8, 4) is 0 Å². The van der Waals surface area contributed by atoms with Gasteiger partial charge in [-0.05, 0) is 18.4 Å². The first-order valence-electron chi connectivity index (χ1n) is 10.3. The highest BCUT2D eigenvalue weighted by Gasteiger charge is 2.21. The summed E-state index contributed by atoms with van der Waals surface area (Å²) in [5.74, 6) is 0.132. The zero-order chi connectivity index (χ0) is 18.9. The van der Waals surface area contributed by atoms with Crippen molar-refractivity contribution < 1.29 is 9.59 Å². The maximum Gasteiger partial charge on any atom is 0.315 e. The van der Waals surface area contributed by atoms with E-state index in [9.17, 15) is 9.59 Å². The molecule has 2 aliphatic rings. The van der Waals surface area contributed by atoms with Crippen LogP contribution in [0.5, 0.6) is 0 Å². The summed E-state index contributed by atoms with van der Waals surface area (Å²) in [5.41, 5.74) is 1.31. The second kappa shape index (κ2) is 10.3. The lowest BCUT2D eigenvalue weighted by molar-refractivity contribution is -0.132. The molecule has 0 aromatic heterocycles. The number of urea groups is 1. The van der Waals surface area contributed by atoms with E-state index in [0.29, 0.717) is 19.0 Å². The van der Waals surface area contributed by atoms with Gasteiger partial charge in [-0.3, -0.25) is 9.69 Å². The molecule has 1 aromatic rings. The van der Waals surface area contributed by atoms with E-state index in [2.05, 4.69) is 39.8 Å². The Labute approximate surface area is 162 Å². The van der Waals surface area contributed by atoms with Gasteiger partial charge in [0, 0.05) is 51.7 Å². The molecule has 27 heavy (non-hydrogen) atoms. The molecule has 0 spiro atoms. The van der Waals surface area contributed by atoms with E-state index in [4.69, 9.17) is 0 Å². The van der Waals surface area contributed by atoms with Crippen LogP contribution < -0.4 is 10.6 Å². The molecule has 1 saturated heterocycles. The Morgan fingerprint density at radius 1 is 0.963 bits per heavy atom. The van der Waals surface area contributed by atoms with Crippen molar-refractivity contribution in [3.63, 3.8) is 0 Å². The van der Waals surface area contributed by atoms with Gasteiger partial charge in [0.2, 0.25) is 5.91 Å². The van der Waals surface area contributed by atoms with E-state index in [1.807, 2.05) is 11.0 Å². The van der Waals surface area contributed by atoms with Gasteiger partial charge in [0.05, 0.1) is 0 Å². The lowest BCUT2D eigenvalue weighted by atomic mass is 9.96. The molecule has 1 aromatic carbocycles. The predicted molar refractivity (Wildman–Crippen MR) is 106 cm³/mol. The quantitative estimate of drug-likeness (QED) is 0.806. The Bertz CT molecular complexity index is 593. The van der Waals surface area contributed by atoms with E-state index < -0.39 is 0 Å². The Morgan fingerprint density at radius 2 is 1.67 bits per heavy atom. The van der Waals surface area contributed by atoms with E-state index in [1.54, 1.807) is 0 Å². The fourth-order valence-corrected chi connectivity index (χ4v) is 3.92. The highest BCUT2D eigenvalue weighted by molar-refractivity contribution is 5.78. The number of hydrogen-bond acceptors (Lipinski definition) is 3. The first kappa shape index (κ1) is 19.7. The standard InChI is InChI=1S/C21H32N4O2/c26-20(11-12-22-21(27)23-19-9-5-2-6-10-19)25-15-13-24(14-16-25)17-18-7-3-1-4-8-18/h1,3-4,7-8,19H,2,5-6,9-17H2,(H2,22,23,27). The maximum absolute atomic E-state index is 12.4. The number of hydrogen-bond donors (Lipinski definition) is 2. The minimum atomic E-state index is -0.137. The van der Waals surface area contributed by atoms with Crippen LogP contribution in [0.1, 0.15) is 44.1 Å². The van der Waals surface area contributed by atoms with E-state index in [0.717, 1.165) is 45.6 Å². The zero-order valence-corrected chi connectivity index (χ0v) is 16.2. The summed E-state index contributed by atoms with van der Waals surface area (Å²) in [4.78, 5) is 28.6. The third kappa shape index (κ3) is 6.54. The van der Waals surface area contributed by atoms with Crippen LogP contribution in [0.25, 0.3) is 0 Å². The van der Waals surface area contributed by atoms with Crippen LogP contribution in [0.2, 0.25) is 0 Å². The number of piperazine rings is 1. The van der Waals surface area contributed by atoms with Crippen molar-refractivity contribution in [3.05, 3.63) is 35.9 Å². The van der Waals surface area contributed by atoms with Gasteiger partial charge >= 0.3 is 6.03 Å². The summed E-state index contributed by atoms with van der Waals surface area (Å²) < 4.78 is 0. The minimum absolute atomic E-state index is 0.132. The Balaban J connectivity index is 1.29. The zero-order valence-electron chi connectivity index (χ0n) is 16.2. The molecule has 1 aliphatic heterocycles. The smallest absolute Gasteiger partial charge is 0.315 e. The number of benzene rings is 1. The number of carbonyl (C=O) groups is 2. The molecule has 1 heterocycles. The van der Waals surface area contributed by atoms with Crippen LogP contribution in [0, 0.1) is 0 Å². The number of carbonyl (C=O) groups excluding carboxylic acids is 2. The Morgan fingerprint density at radius 3 is 2.37 bits per heavy atom. The molecule has 2 N–H and O–H groups in total. The molecule has 1 aliphatic carbocycles. The second-order valence-corrected chi connectivity index (χ2v) is 7.63. The van der Waals surface area contributed by atoms with Gasteiger partial charge in [-0.25, -0.2) is 4.79 Å². The molecule has 3 amide bonds. The molecular weight excluding hydrogens is 340 g/mol. The number of rotatable bonds is 6. The van der Waals surface area contributed by atoms with Crippen LogP contribution in [-0.4, -0.2) is 60.5 Å². The monoisotopic (exact) mass is 372 g/mol. The van der Waals surface area contributed by atoms with Crippen LogP contribution in [0.15, 0.2) is 30.3 Å². The van der Waals surface area contributed by atoms with Crippen molar-refractivity contribution in [1.82, 2.24) is 20.4 Å². The summed E-state index contributed by atoms with van der Waals surface area (Å²) in [6, 6.07) is 10.6. The highest BCUT2D eigenvalue weighted by atomic mass is 16.2. The molecule has 1 saturated carbocycles. The number of nitrogens with zero attached hydrogens (tertiary/aromatic N) is 2. The summed E-state index contributed by atoms with van der Waals surface area (Å²) in [6.45, 7) is 4.67. The molecule has 0 atom stereocenters. The molecule has 0 bridgehead atoms. The topological polar surface area (TPSA) is 64.7 Å². The molecule has 0 unspecified atom stereocenters. The minimum Gasteiger partial charge on any atom is -0.340 e. The van der Waals surface area contributed by atoms with Gasteiger partial charge in [-0.15, -0.1) is 0 Å². The van der Waals surface area contributed by atoms with Gasteiger partial charge < -0.3 is 15.5 Å². The van der Waals surface area contributed by atoms with Crippen molar-refractivity contribution >= 4 is 11.9 Å². The first-order chi connectivity index (χ1) is 13.2. The molecule has 6 heteroatoms.